The van der Waals surface area contributed by atoms with Gasteiger partial charge in [-0.2, -0.15) is 0 Å². The van der Waals surface area contributed by atoms with Crippen LogP contribution in [0.2, 0.25) is 0 Å². The fraction of sp³-hybridized carbons (Fsp3) is 0.100. The minimum Gasteiger partial charge on any atom is -0.418 e. The molecule has 1 amide bonds. The van der Waals surface area contributed by atoms with Gasteiger partial charge in [0.1, 0.15) is 5.82 Å². The third-order valence-electron chi connectivity index (χ3n) is 1.40. The van der Waals surface area contributed by atoms with E-state index in [9.17, 15) is 9.18 Å². The standard InChI is InChI=1S/C10H10FNO2/c1-2-7-14-10(13)12-9-5-3-8(11)4-6-9/h2-7H,1H3,(H,12,13). The number of halogens is 1. The molecular weight excluding hydrogens is 185 g/mol. The van der Waals surface area contributed by atoms with Gasteiger partial charge in [-0.25, -0.2) is 9.18 Å². The Labute approximate surface area is 81.2 Å². The Morgan fingerprint density at radius 3 is 2.64 bits per heavy atom. The first kappa shape index (κ1) is 10.2. The lowest BCUT2D eigenvalue weighted by Crippen LogP contribution is -2.10. The van der Waals surface area contributed by atoms with Gasteiger partial charge in [0.25, 0.3) is 0 Å². The zero-order valence-corrected chi connectivity index (χ0v) is 7.66. The highest BCUT2D eigenvalue weighted by Crippen LogP contribution is 2.08. The minimum absolute atomic E-state index is 0.350. The number of carbonyl (C=O) groups is 1. The maximum atomic E-state index is 12.5. The molecule has 3 nitrogen and oxygen atoms in total. The Morgan fingerprint density at radius 1 is 1.43 bits per heavy atom. The van der Waals surface area contributed by atoms with E-state index in [4.69, 9.17) is 0 Å². The summed E-state index contributed by atoms with van der Waals surface area (Å²) in [6.45, 7) is 1.73. The summed E-state index contributed by atoms with van der Waals surface area (Å²) in [7, 11) is 0. The number of nitrogens with one attached hydrogen (secondary N) is 1. The van der Waals surface area contributed by atoms with Crippen molar-refractivity contribution < 1.29 is 13.9 Å². The van der Waals surface area contributed by atoms with Crippen LogP contribution in [-0.4, -0.2) is 6.09 Å². The first-order valence-electron chi connectivity index (χ1n) is 4.06. The summed E-state index contributed by atoms with van der Waals surface area (Å²) in [6, 6.07) is 5.41. The van der Waals surface area contributed by atoms with Crippen molar-refractivity contribution in [3.05, 3.63) is 42.4 Å². The molecule has 0 heterocycles. The predicted molar refractivity (Wildman–Crippen MR) is 51.3 cm³/mol. The van der Waals surface area contributed by atoms with Crippen molar-refractivity contribution in [1.29, 1.82) is 0 Å². The summed E-state index contributed by atoms with van der Waals surface area (Å²) in [5.41, 5.74) is 0.487. The van der Waals surface area contributed by atoms with Crippen molar-refractivity contribution in [2.75, 3.05) is 5.32 Å². The fourth-order valence-electron chi connectivity index (χ4n) is 0.810. The number of allylic oxidation sites excluding steroid dienone is 1. The smallest absolute Gasteiger partial charge is 0.416 e. The van der Waals surface area contributed by atoms with Crippen LogP contribution in [0.25, 0.3) is 0 Å². The lowest BCUT2D eigenvalue weighted by Gasteiger charge is -2.02. The molecule has 0 aliphatic rings. The SMILES string of the molecule is CC=COC(=O)Nc1ccc(F)cc1. The predicted octanol–water partition coefficient (Wildman–Crippen LogP) is 2.91. The molecule has 0 bridgehead atoms. The van der Waals surface area contributed by atoms with Crippen molar-refractivity contribution in [1.82, 2.24) is 0 Å². The van der Waals surface area contributed by atoms with Crippen molar-refractivity contribution in [3.8, 4) is 0 Å². The topological polar surface area (TPSA) is 38.3 Å². The third-order valence-corrected chi connectivity index (χ3v) is 1.40. The van der Waals surface area contributed by atoms with Gasteiger partial charge < -0.3 is 4.74 Å². The molecule has 1 rings (SSSR count). The van der Waals surface area contributed by atoms with Gasteiger partial charge >= 0.3 is 6.09 Å². The molecule has 14 heavy (non-hydrogen) atoms. The number of amides is 1. The van der Waals surface area contributed by atoms with Crippen molar-refractivity contribution in [2.45, 2.75) is 6.92 Å². The summed E-state index contributed by atoms with van der Waals surface area (Å²) in [5, 5.41) is 2.42. The number of rotatable bonds is 2. The van der Waals surface area contributed by atoms with Gasteiger partial charge in [-0.3, -0.25) is 5.32 Å². The Kier molecular flexibility index (Phi) is 3.67. The highest BCUT2D eigenvalue weighted by molar-refractivity contribution is 5.84. The molecule has 0 saturated carbocycles. The summed E-state index contributed by atoms with van der Waals surface area (Å²) < 4.78 is 17.1. The summed E-state index contributed by atoms with van der Waals surface area (Å²) in [6.07, 6.45) is 2.25. The van der Waals surface area contributed by atoms with Crippen LogP contribution in [0.15, 0.2) is 36.6 Å². The van der Waals surface area contributed by atoms with Crippen LogP contribution in [0.3, 0.4) is 0 Å². The van der Waals surface area contributed by atoms with Gasteiger partial charge in [0, 0.05) is 5.69 Å². The molecule has 0 aromatic heterocycles. The molecule has 0 saturated heterocycles. The number of hydrogen-bond donors (Lipinski definition) is 1. The number of anilines is 1. The van der Waals surface area contributed by atoms with E-state index < -0.39 is 6.09 Å². The van der Waals surface area contributed by atoms with Crippen molar-refractivity contribution in [2.24, 2.45) is 0 Å². The van der Waals surface area contributed by atoms with Gasteiger partial charge in [0.2, 0.25) is 0 Å². The molecule has 1 aromatic carbocycles. The van der Waals surface area contributed by atoms with E-state index in [1.54, 1.807) is 13.0 Å². The number of benzene rings is 1. The molecule has 0 unspecified atom stereocenters. The van der Waals surface area contributed by atoms with E-state index in [0.717, 1.165) is 0 Å². The largest absolute Gasteiger partial charge is 0.418 e. The van der Waals surface area contributed by atoms with Crippen LogP contribution >= 0.6 is 0 Å². The highest BCUT2D eigenvalue weighted by Gasteiger charge is 2.00. The number of ether oxygens (including phenoxy) is 1. The molecule has 4 heteroatoms. The molecule has 1 aromatic rings. The van der Waals surface area contributed by atoms with Gasteiger partial charge in [0.05, 0.1) is 6.26 Å². The fourth-order valence-corrected chi connectivity index (χ4v) is 0.810. The second kappa shape index (κ2) is 5.01. The molecule has 1 N–H and O–H groups in total. The van der Waals surface area contributed by atoms with Crippen LogP contribution in [0.4, 0.5) is 14.9 Å². The second-order valence-corrected chi connectivity index (χ2v) is 2.51. The minimum atomic E-state index is -0.602. The molecule has 0 spiro atoms. The van der Waals surface area contributed by atoms with E-state index in [0.29, 0.717) is 5.69 Å². The van der Waals surface area contributed by atoms with Gasteiger partial charge in [-0.15, -0.1) is 0 Å². The van der Waals surface area contributed by atoms with Crippen LogP contribution in [0.1, 0.15) is 6.92 Å². The maximum absolute atomic E-state index is 12.5. The molecule has 0 fully saturated rings. The zero-order valence-electron chi connectivity index (χ0n) is 7.66. The van der Waals surface area contributed by atoms with Crippen molar-refractivity contribution >= 4 is 11.8 Å². The van der Waals surface area contributed by atoms with E-state index in [2.05, 4.69) is 10.1 Å². The average molecular weight is 195 g/mol. The molecule has 74 valence electrons. The molecule has 0 aliphatic heterocycles. The quantitative estimate of drug-likeness (QED) is 0.737. The van der Waals surface area contributed by atoms with Crippen molar-refractivity contribution in [3.63, 3.8) is 0 Å². The highest BCUT2D eigenvalue weighted by atomic mass is 19.1. The summed E-state index contributed by atoms with van der Waals surface area (Å²) in [4.78, 5) is 11.0. The van der Waals surface area contributed by atoms with Gasteiger partial charge in [-0.05, 0) is 31.2 Å². The zero-order chi connectivity index (χ0) is 10.4. The van der Waals surface area contributed by atoms with Crippen LogP contribution in [-0.2, 0) is 4.74 Å². The van der Waals surface area contributed by atoms with Crippen LogP contribution < -0.4 is 5.32 Å². The maximum Gasteiger partial charge on any atom is 0.416 e. The van der Waals surface area contributed by atoms with E-state index in [-0.39, 0.29) is 5.82 Å². The Balaban J connectivity index is 2.52. The first-order valence-corrected chi connectivity index (χ1v) is 4.06. The van der Waals surface area contributed by atoms with Gasteiger partial charge in [0.15, 0.2) is 0 Å². The lowest BCUT2D eigenvalue weighted by atomic mass is 10.3. The van der Waals surface area contributed by atoms with E-state index in [1.165, 1.54) is 30.5 Å². The van der Waals surface area contributed by atoms with Crippen LogP contribution in [0, 0.1) is 5.82 Å². The molecule has 0 atom stereocenters. The third kappa shape index (κ3) is 3.26. The van der Waals surface area contributed by atoms with E-state index >= 15 is 0 Å². The Hall–Kier alpha value is -1.84. The summed E-state index contributed by atoms with van der Waals surface area (Å²) in [5.74, 6) is -0.350. The first-order chi connectivity index (χ1) is 6.72. The molecule has 0 aliphatic carbocycles. The summed E-state index contributed by atoms with van der Waals surface area (Å²) >= 11 is 0. The molecule has 0 radical (unpaired) electrons. The number of hydrogen-bond acceptors (Lipinski definition) is 2. The van der Waals surface area contributed by atoms with Gasteiger partial charge in [-0.1, -0.05) is 6.08 Å². The molecular formula is C10H10FNO2. The van der Waals surface area contributed by atoms with Crippen LogP contribution in [0.5, 0.6) is 0 Å². The number of carbonyl (C=O) groups excluding carboxylic acids is 1. The Bertz CT molecular complexity index is 332. The monoisotopic (exact) mass is 195 g/mol. The normalized spacial score (nSPS) is 10.1. The second-order valence-electron chi connectivity index (χ2n) is 2.51. The Morgan fingerprint density at radius 2 is 2.07 bits per heavy atom. The average Bonchev–Trinajstić information content (AvgIpc) is 2.18. The lowest BCUT2D eigenvalue weighted by molar-refractivity contribution is 0.201. The van der Waals surface area contributed by atoms with E-state index in [1.807, 2.05) is 0 Å².